The first kappa shape index (κ1) is 22.4. The molecule has 0 aliphatic carbocycles. The molecule has 2 heterocycles. The minimum atomic E-state index is -0.294. The standard InChI is InChI=1S/C25H30N6O2/c1-3-33-21-9-7-19(8-10-21)16-27-24(32)22-17-28-25(29-23(22)26)31-13-11-30(12-14-31)20-6-4-5-18(2)15-20/h4-10,15,17H,3,11-14,16H2,1-2H3,(H,27,32)(H2,26,28,29). The Kier molecular flexibility index (Phi) is 6.92. The van der Waals surface area contributed by atoms with Crippen LogP contribution in [0.2, 0.25) is 0 Å². The van der Waals surface area contributed by atoms with Crippen molar-refractivity contribution in [1.82, 2.24) is 15.3 Å². The number of nitrogens with two attached hydrogens (primary N) is 1. The second kappa shape index (κ2) is 10.2. The third-order valence-electron chi connectivity index (χ3n) is 5.67. The van der Waals surface area contributed by atoms with Gasteiger partial charge in [0, 0.05) is 44.6 Å². The lowest BCUT2D eigenvalue weighted by Crippen LogP contribution is -2.47. The van der Waals surface area contributed by atoms with E-state index in [2.05, 4.69) is 56.3 Å². The maximum atomic E-state index is 12.6. The molecule has 1 fully saturated rings. The molecular formula is C25H30N6O2. The normalized spacial score (nSPS) is 13.6. The van der Waals surface area contributed by atoms with Crippen molar-refractivity contribution < 1.29 is 9.53 Å². The van der Waals surface area contributed by atoms with Crippen molar-refractivity contribution in [3.05, 3.63) is 71.4 Å². The maximum Gasteiger partial charge on any atom is 0.256 e. The van der Waals surface area contributed by atoms with E-state index in [4.69, 9.17) is 10.5 Å². The third-order valence-corrected chi connectivity index (χ3v) is 5.67. The van der Waals surface area contributed by atoms with Gasteiger partial charge in [-0.15, -0.1) is 0 Å². The Hall–Kier alpha value is -3.81. The number of carbonyl (C=O) groups excluding carboxylic acids is 1. The number of hydrogen-bond acceptors (Lipinski definition) is 7. The molecule has 0 unspecified atom stereocenters. The summed E-state index contributed by atoms with van der Waals surface area (Å²) in [6, 6.07) is 16.1. The molecule has 0 bridgehead atoms. The van der Waals surface area contributed by atoms with E-state index in [9.17, 15) is 4.79 Å². The predicted molar refractivity (Wildman–Crippen MR) is 131 cm³/mol. The van der Waals surface area contributed by atoms with Crippen LogP contribution >= 0.6 is 0 Å². The molecule has 0 atom stereocenters. The van der Waals surface area contributed by atoms with Crippen LogP contribution in [0.1, 0.15) is 28.4 Å². The van der Waals surface area contributed by atoms with Gasteiger partial charge in [0.25, 0.3) is 5.91 Å². The van der Waals surface area contributed by atoms with Crippen molar-refractivity contribution in [2.75, 3.05) is 48.3 Å². The summed E-state index contributed by atoms with van der Waals surface area (Å²) >= 11 is 0. The van der Waals surface area contributed by atoms with Crippen LogP contribution < -0.4 is 25.6 Å². The highest BCUT2D eigenvalue weighted by atomic mass is 16.5. The van der Waals surface area contributed by atoms with Crippen molar-refractivity contribution in [2.45, 2.75) is 20.4 Å². The summed E-state index contributed by atoms with van der Waals surface area (Å²) in [5.41, 5.74) is 9.85. The molecule has 0 radical (unpaired) electrons. The van der Waals surface area contributed by atoms with E-state index < -0.39 is 0 Å². The van der Waals surface area contributed by atoms with Crippen LogP contribution in [0, 0.1) is 6.92 Å². The van der Waals surface area contributed by atoms with E-state index in [0.717, 1.165) is 37.5 Å². The van der Waals surface area contributed by atoms with Gasteiger partial charge in [0.1, 0.15) is 11.6 Å². The Bertz CT molecular complexity index is 1090. The number of nitrogens with zero attached hydrogens (tertiary/aromatic N) is 4. The first-order valence-electron chi connectivity index (χ1n) is 11.2. The summed E-state index contributed by atoms with van der Waals surface area (Å²) in [5.74, 6) is 1.25. The highest BCUT2D eigenvalue weighted by Gasteiger charge is 2.21. The van der Waals surface area contributed by atoms with E-state index in [1.54, 1.807) is 0 Å². The highest BCUT2D eigenvalue weighted by molar-refractivity contribution is 5.98. The number of aryl methyl sites for hydroxylation is 1. The first-order valence-corrected chi connectivity index (χ1v) is 11.2. The van der Waals surface area contributed by atoms with Crippen molar-refractivity contribution in [2.24, 2.45) is 0 Å². The average molecular weight is 447 g/mol. The number of hydrogen-bond donors (Lipinski definition) is 2. The van der Waals surface area contributed by atoms with Gasteiger partial charge in [-0.05, 0) is 49.2 Å². The zero-order valence-corrected chi connectivity index (χ0v) is 19.1. The van der Waals surface area contributed by atoms with Gasteiger partial charge in [-0.25, -0.2) is 4.98 Å². The Morgan fingerprint density at radius 2 is 1.82 bits per heavy atom. The summed E-state index contributed by atoms with van der Waals surface area (Å²) in [7, 11) is 0. The Morgan fingerprint density at radius 1 is 1.09 bits per heavy atom. The predicted octanol–water partition coefficient (Wildman–Crippen LogP) is 3.02. The molecule has 172 valence electrons. The molecule has 8 heteroatoms. The molecule has 1 aliphatic rings. The second-order valence-corrected chi connectivity index (χ2v) is 8.04. The Labute approximate surface area is 194 Å². The van der Waals surface area contributed by atoms with E-state index >= 15 is 0 Å². The highest BCUT2D eigenvalue weighted by Crippen LogP contribution is 2.21. The van der Waals surface area contributed by atoms with Gasteiger partial charge in [-0.3, -0.25) is 4.79 Å². The van der Waals surface area contributed by atoms with Crippen LogP contribution in [-0.4, -0.2) is 48.7 Å². The van der Waals surface area contributed by atoms with Crippen LogP contribution in [0.5, 0.6) is 5.75 Å². The van der Waals surface area contributed by atoms with Crippen LogP contribution in [-0.2, 0) is 6.54 Å². The molecule has 1 saturated heterocycles. The molecular weight excluding hydrogens is 416 g/mol. The largest absolute Gasteiger partial charge is 0.494 e. The monoisotopic (exact) mass is 446 g/mol. The minimum Gasteiger partial charge on any atom is -0.494 e. The van der Waals surface area contributed by atoms with E-state index in [1.807, 2.05) is 31.2 Å². The average Bonchev–Trinajstić information content (AvgIpc) is 2.84. The maximum absolute atomic E-state index is 12.6. The van der Waals surface area contributed by atoms with Crippen LogP contribution in [0.25, 0.3) is 0 Å². The second-order valence-electron chi connectivity index (χ2n) is 8.04. The lowest BCUT2D eigenvalue weighted by atomic mass is 10.2. The van der Waals surface area contributed by atoms with Crippen molar-refractivity contribution in [3.8, 4) is 5.75 Å². The van der Waals surface area contributed by atoms with Gasteiger partial charge >= 0.3 is 0 Å². The molecule has 0 saturated carbocycles. The quantitative estimate of drug-likeness (QED) is 0.576. The van der Waals surface area contributed by atoms with Crippen molar-refractivity contribution in [3.63, 3.8) is 0 Å². The number of rotatable bonds is 7. The summed E-state index contributed by atoms with van der Waals surface area (Å²) in [6.45, 7) is 8.37. The van der Waals surface area contributed by atoms with Gasteiger partial charge < -0.3 is 25.6 Å². The number of ether oxygens (including phenoxy) is 1. The van der Waals surface area contributed by atoms with Gasteiger partial charge in [0.05, 0.1) is 12.2 Å². The fraction of sp³-hybridized carbons (Fsp3) is 0.320. The number of anilines is 3. The van der Waals surface area contributed by atoms with Gasteiger partial charge in [-0.1, -0.05) is 24.3 Å². The summed E-state index contributed by atoms with van der Waals surface area (Å²) < 4.78 is 5.44. The van der Waals surface area contributed by atoms with Crippen molar-refractivity contribution >= 4 is 23.4 Å². The fourth-order valence-electron chi connectivity index (χ4n) is 3.85. The van der Waals surface area contributed by atoms with Gasteiger partial charge in [0.15, 0.2) is 0 Å². The smallest absolute Gasteiger partial charge is 0.256 e. The number of nitrogens with one attached hydrogen (secondary N) is 1. The Balaban J connectivity index is 1.33. The number of piperazine rings is 1. The molecule has 0 spiro atoms. The third kappa shape index (κ3) is 5.52. The number of benzene rings is 2. The molecule has 4 rings (SSSR count). The number of amides is 1. The number of aromatic nitrogens is 2. The van der Waals surface area contributed by atoms with Crippen LogP contribution in [0.15, 0.2) is 54.7 Å². The SMILES string of the molecule is CCOc1ccc(CNC(=O)c2cnc(N3CCN(c4cccc(C)c4)CC3)nc2N)cc1. The summed E-state index contributed by atoms with van der Waals surface area (Å²) in [6.07, 6.45) is 1.51. The lowest BCUT2D eigenvalue weighted by molar-refractivity contribution is 0.0951. The molecule has 2 aromatic carbocycles. The van der Waals surface area contributed by atoms with Crippen LogP contribution in [0.3, 0.4) is 0 Å². The summed E-state index contributed by atoms with van der Waals surface area (Å²) in [4.78, 5) is 25.9. The molecule has 1 aromatic heterocycles. The number of carbonyl (C=O) groups is 1. The van der Waals surface area contributed by atoms with Gasteiger partial charge in [0.2, 0.25) is 5.95 Å². The zero-order chi connectivity index (χ0) is 23.2. The Morgan fingerprint density at radius 3 is 2.48 bits per heavy atom. The zero-order valence-electron chi connectivity index (χ0n) is 19.1. The minimum absolute atomic E-state index is 0.185. The van der Waals surface area contributed by atoms with E-state index in [0.29, 0.717) is 19.1 Å². The molecule has 33 heavy (non-hydrogen) atoms. The lowest BCUT2D eigenvalue weighted by Gasteiger charge is -2.36. The molecule has 8 nitrogen and oxygen atoms in total. The number of nitrogen functional groups attached to an aromatic ring is 1. The molecule has 3 aromatic rings. The molecule has 1 aliphatic heterocycles. The molecule has 1 amide bonds. The van der Waals surface area contributed by atoms with Crippen LogP contribution in [0.4, 0.5) is 17.5 Å². The molecule has 3 N–H and O–H groups in total. The van der Waals surface area contributed by atoms with Crippen molar-refractivity contribution in [1.29, 1.82) is 0 Å². The van der Waals surface area contributed by atoms with E-state index in [1.165, 1.54) is 17.4 Å². The van der Waals surface area contributed by atoms with E-state index in [-0.39, 0.29) is 17.3 Å². The first-order chi connectivity index (χ1) is 16.0. The van der Waals surface area contributed by atoms with Gasteiger partial charge in [-0.2, -0.15) is 4.98 Å². The topological polar surface area (TPSA) is 96.6 Å². The fourth-order valence-corrected chi connectivity index (χ4v) is 3.85. The summed E-state index contributed by atoms with van der Waals surface area (Å²) in [5, 5.41) is 2.88.